The molecule has 49 heavy (non-hydrogen) atoms. The van der Waals surface area contributed by atoms with Gasteiger partial charge in [-0.25, -0.2) is 0 Å². The first kappa shape index (κ1) is 45.9. The number of nitrogens with one attached hydrogen (secondary N) is 1. The zero-order valence-electron chi connectivity index (χ0n) is 31.3. The number of hydrogen-bond donors (Lipinski definition) is 2. The van der Waals surface area contributed by atoms with Crippen LogP contribution in [-0.2, 0) is 19.1 Å². The molecular formula is C43H71NO5. The molecule has 1 unspecified atom stereocenters. The topological polar surface area (TPSA) is 92.7 Å². The molecule has 0 aliphatic heterocycles. The summed E-state index contributed by atoms with van der Waals surface area (Å²) in [5.74, 6) is -1.37. The molecular weight excluding hydrogens is 610 g/mol. The van der Waals surface area contributed by atoms with Gasteiger partial charge in [-0.1, -0.05) is 145 Å². The van der Waals surface area contributed by atoms with E-state index in [4.69, 9.17) is 9.84 Å². The molecule has 0 radical (unpaired) electrons. The summed E-state index contributed by atoms with van der Waals surface area (Å²) in [5, 5.41) is 11.0. The minimum Gasteiger partial charge on any atom is -0.480 e. The van der Waals surface area contributed by atoms with Gasteiger partial charge >= 0.3 is 11.9 Å². The predicted octanol–water partition coefficient (Wildman–Crippen LogP) is 11.8. The van der Waals surface area contributed by atoms with Gasteiger partial charge in [0.05, 0.1) is 0 Å². The molecule has 278 valence electrons. The third kappa shape index (κ3) is 37.5. The number of unbranched alkanes of at least 4 members (excludes halogenated alkanes) is 13. The van der Waals surface area contributed by atoms with Crippen LogP contribution in [0.4, 0.5) is 0 Å². The number of ether oxygens (including phenoxy) is 1. The number of rotatable bonds is 34. The summed E-state index contributed by atoms with van der Waals surface area (Å²) in [4.78, 5) is 34.8. The summed E-state index contributed by atoms with van der Waals surface area (Å²) in [6.45, 7) is 4.02. The third-order valence-electron chi connectivity index (χ3n) is 8.10. The second kappa shape index (κ2) is 37.7. The van der Waals surface area contributed by atoms with Crippen LogP contribution >= 0.6 is 0 Å². The Morgan fingerprint density at radius 2 is 1.06 bits per heavy atom. The van der Waals surface area contributed by atoms with E-state index in [1.165, 1.54) is 57.8 Å². The molecule has 0 aromatic rings. The van der Waals surface area contributed by atoms with E-state index in [1.807, 2.05) is 6.08 Å². The number of carbonyl (C=O) groups excluding carboxylic acids is 2. The van der Waals surface area contributed by atoms with Crippen molar-refractivity contribution in [3.05, 3.63) is 72.9 Å². The van der Waals surface area contributed by atoms with Crippen molar-refractivity contribution in [2.75, 3.05) is 6.54 Å². The molecule has 0 rings (SSSR count). The van der Waals surface area contributed by atoms with E-state index in [-0.39, 0.29) is 24.5 Å². The van der Waals surface area contributed by atoms with Gasteiger partial charge in [0, 0.05) is 12.8 Å². The first-order chi connectivity index (χ1) is 24.0. The second-order valence-corrected chi connectivity index (χ2v) is 12.8. The van der Waals surface area contributed by atoms with Crippen molar-refractivity contribution < 1.29 is 24.2 Å². The van der Waals surface area contributed by atoms with Gasteiger partial charge in [-0.05, 0) is 83.1 Å². The molecule has 1 atom stereocenters. The van der Waals surface area contributed by atoms with Crippen molar-refractivity contribution >= 4 is 17.8 Å². The SMILES string of the molecule is CC/C=C\C/C=C\C/C=C\C/C=C\CCCCCCCCCCC(=O)OC(/C=C\C/C=C\CCCC)CCCCCCC(=O)NCC(=O)O. The van der Waals surface area contributed by atoms with Crippen LogP contribution in [0.1, 0.15) is 168 Å². The number of carboxylic acid groups (broad SMARTS) is 1. The van der Waals surface area contributed by atoms with Crippen molar-refractivity contribution in [2.24, 2.45) is 0 Å². The molecule has 2 N–H and O–H groups in total. The second-order valence-electron chi connectivity index (χ2n) is 12.8. The summed E-state index contributed by atoms with van der Waals surface area (Å²) in [6, 6.07) is 0. The van der Waals surface area contributed by atoms with Crippen molar-refractivity contribution in [3.8, 4) is 0 Å². The van der Waals surface area contributed by atoms with E-state index in [9.17, 15) is 14.4 Å². The number of amides is 1. The quantitative estimate of drug-likeness (QED) is 0.0400. The van der Waals surface area contributed by atoms with Crippen LogP contribution in [0.15, 0.2) is 72.9 Å². The Morgan fingerprint density at radius 1 is 0.571 bits per heavy atom. The largest absolute Gasteiger partial charge is 0.480 e. The molecule has 0 aromatic carbocycles. The minimum atomic E-state index is -1.03. The maximum Gasteiger partial charge on any atom is 0.322 e. The van der Waals surface area contributed by atoms with Gasteiger partial charge in [0.1, 0.15) is 12.6 Å². The van der Waals surface area contributed by atoms with Gasteiger partial charge in [-0.3, -0.25) is 14.4 Å². The van der Waals surface area contributed by atoms with Gasteiger partial charge in [-0.15, -0.1) is 0 Å². The molecule has 0 saturated carbocycles. The molecule has 0 heterocycles. The average Bonchev–Trinajstić information content (AvgIpc) is 3.08. The maximum absolute atomic E-state index is 12.6. The van der Waals surface area contributed by atoms with Crippen LogP contribution in [-0.4, -0.2) is 35.6 Å². The lowest BCUT2D eigenvalue weighted by Gasteiger charge is -2.14. The van der Waals surface area contributed by atoms with Gasteiger partial charge in [-0.2, -0.15) is 0 Å². The van der Waals surface area contributed by atoms with Gasteiger partial charge < -0.3 is 15.2 Å². The normalized spacial score (nSPS) is 12.9. The molecule has 6 nitrogen and oxygen atoms in total. The Morgan fingerprint density at radius 3 is 1.65 bits per heavy atom. The zero-order chi connectivity index (χ0) is 35.9. The third-order valence-corrected chi connectivity index (χ3v) is 8.10. The standard InChI is InChI=1S/C43H71NO5/c1-3-5-7-9-11-12-13-14-15-16-17-18-19-20-21-22-23-24-26-28-34-38-43(48)49-40(35-31-27-25-10-8-6-4-2)36-32-29-30-33-37-41(45)44-39-42(46)47/h5,7,10-12,14-15,17-18,25,31,35,40H,3-4,6,8-9,13,16,19-24,26-30,32-34,36-39H2,1-2H3,(H,44,45)(H,46,47)/b7-5-,12-11-,15-14-,18-17-,25-10-,35-31-. The van der Waals surface area contributed by atoms with E-state index >= 15 is 0 Å². The summed E-state index contributed by atoms with van der Waals surface area (Å²) >= 11 is 0. The highest BCUT2D eigenvalue weighted by Crippen LogP contribution is 2.15. The van der Waals surface area contributed by atoms with Crippen LogP contribution in [0.2, 0.25) is 0 Å². The number of carbonyl (C=O) groups is 3. The molecule has 0 spiro atoms. The molecule has 1 amide bonds. The fraction of sp³-hybridized carbons (Fsp3) is 0.651. The van der Waals surface area contributed by atoms with Crippen LogP contribution in [0.5, 0.6) is 0 Å². The molecule has 0 aromatic heterocycles. The van der Waals surface area contributed by atoms with E-state index in [0.717, 1.165) is 83.5 Å². The van der Waals surface area contributed by atoms with Gasteiger partial charge in [0.15, 0.2) is 0 Å². The van der Waals surface area contributed by atoms with Crippen molar-refractivity contribution in [1.82, 2.24) is 5.32 Å². The van der Waals surface area contributed by atoms with Crippen molar-refractivity contribution in [2.45, 2.75) is 174 Å². The van der Waals surface area contributed by atoms with Crippen molar-refractivity contribution in [1.29, 1.82) is 0 Å². The Labute approximate surface area is 300 Å². The monoisotopic (exact) mass is 682 g/mol. The number of aliphatic carboxylic acids is 1. The van der Waals surface area contributed by atoms with E-state index in [1.54, 1.807) is 0 Å². The van der Waals surface area contributed by atoms with E-state index in [0.29, 0.717) is 12.8 Å². The van der Waals surface area contributed by atoms with Crippen LogP contribution < -0.4 is 5.32 Å². The Hall–Kier alpha value is -3.15. The first-order valence-electron chi connectivity index (χ1n) is 19.6. The van der Waals surface area contributed by atoms with Crippen molar-refractivity contribution in [3.63, 3.8) is 0 Å². The smallest absolute Gasteiger partial charge is 0.322 e. The summed E-state index contributed by atoms with van der Waals surface area (Å²) in [6.07, 6.45) is 50.4. The molecule has 0 saturated heterocycles. The Kier molecular flexibility index (Phi) is 35.2. The lowest BCUT2D eigenvalue weighted by Crippen LogP contribution is -2.28. The Bertz CT molecular complexity index is 975. The summed E-state index contributed by atoms with van der Waals surface area (Å²) in [7, 11) is 0. The minimum absolute atomic E-state index is 0.112. The average molecular weight is 682 g/mol. The Balaban J connectivity index is 4.06. The van der Waals surface area contributed by atoms with Gasteiger partial charge in [0.2, 0.25) is 5.91 Å². The van der Waals surface area contributed by atoms with Crippen LogP contribution in [0.3, 0.4) is 0 Å². The highest BCUT2D eigenvalue weighted by atomic mass is 16.5. The number of hydrogen-bond acceptors (Lipinski definition) is 4. The lowest BCUT2D eigenvalue weighted by molar-refractivity contribution is -0.147. The number of carboxylic acids is 1. The number of allylic oxidation sites excluding steroid dienone is 11. The number of esters is 1. The summed E-state index contributed by atoms with van der Waals surface area (Å²) < 4.78 is 5.86. The van der Waals surface area contributed by atoms with E-state index < -0.39 is 5.97 Å². The molecule has 0 bridgehead atoms. The molecule has 0 aliphatic rings. The highest BCUT2D eigenvalue weighted by Gasteiger charge is 2.11. The highest BCUT2D eigenvalue weighted by molar-refractivity contribution is 5.80. The molecule has 0 aliphatic carbocycles. The van der Waals surface area contributed by atoms with Gasteiger partial charge in [0.25, 0.3) is 0 Å². The van der Waals surface area contributed by atoms with Crippen LogP contribution in [0.25, 0.3) is 0 Å². The fourth-order valence-corrected chi connectivity index (χ4v) is 5.20. The zero-order valence-corrected chi connectivity index (χ0v) is 31.3. The van der Waals surface area contributed by atoms with E-state index in [2.05, 4.69) is 86.0 Å². The summed E-state index contributed by atoms with van der Waals surface area (Å²) in [5.41, 5.74) is 0. The lowest BCUT2D eigenvalue weighted by atomic mass is 10.1. The molecule has 6 heteroatoms. The first-order valence-corrected chi connectivity index (χ1v) is 19.6. The maximum atomic E-state index is 12.6. The van der Waals surface area contributed by atoms with Crippen LogP contribution in [0, 0.1) is 0 Å². The predicted molar refractivity (Wildman–Crippen MR) is 208 cm³/mol. The fourth-order valence-electron chi connectivity index (χ4n) is 5.20. The molecule has 0 fully saturated rings.